The lowest BCUT2D eigenvalue weighted by Crippen LogP contribution is -2.30. The van der Waals surface area contributed by atoms with Gasteiger partial charge in [-0.1, -0.05) is 42.8 Å². The van der Waals surface area contributed by atoms with Gasteiger partial charge in [-0.3, -0.25) is 0 Å². The number of hydrogen-bond donors (Lipinski definition) is 0. The standard InChI is InChI=1S/C17H21ClN2O2S/c1-4-20(13-14-9-11-15(12-10-14)19(2)3)23(21,22)17-8-6-5-7-16(17)18/h5-12H,4,13H2,1-3H3. The van der Waals surface area contributed by atoms with Crippen molar-refractivity contribution in [3.63, 3.8) is 0 Å². The van der Waals surface area contributed by atoms with E-state index in [0.717, 1.165) is 11.3 Å². The number of anilines is 1. The SMILES string of the molecule is CCN(Cc1ccc(N(C)C)cc1)S(=O)(=O)c1ccccc1Cl. The van der Waals surface area contributed by atoms with Crippen molar-refractivity contribution in [3.8, 4) is 0 Å². The molecule has 6 heteroatoms. The van der Waals surface area contributed by atoms with Gasteiger partial charge in [0.05, 0.1) is 5.02 Å². The van der Waals surface area contributed by atoms with Crippen molar-refractivity contribution in [2.24, 2.45) is 0 Å². The Kier molecular flexibility index (Phi) is 5.68. The molecule has 2 aromatic carbocycles. The summed E-state index contributed by atoms with van der Waals surface area (Å²) in [6.45, 7) is 2.52. The molecule has 0 bridgehead atoms. The van der Waals surface area contributed by atoms with Gasteiger partial charge in [0.25, 0.3) is 0 Å². The molecule has 0 aromatic heterocycles. The normalized spacial score (nSPS) is 11.7. The molecule has 2 rings (SSSR count). The number of benzene rings is 2. The third-order valence-electron chi connectivity index (χ3n) is 3.62. The van der Waals surface area contributed by atoms with Crippen LogP contribution in [0.1, 0.15) is 12.5 Å². The second-order valence-electron chi connectivity index (χ2n) is 5.42. The number of sulfonamides is 1. The molecule has 0 spiro atoms. The molecule has 2 aromatic rings. The van der Waals surface area contributed by atoms with Crippen LogP contribution in [-0.4, -0.2) is 33.4 Å². The zero-order valence-electron chi connectivity index (χ0n) is 13.5. The molecule has 0 N–H and O–H groups in total. The van der Waals surface area contributed by atoms with Crippen LogP contribution in [-0.2, 0) is 16.6 Å². The molecule has 0 fully saturated rings. The number of rotatable bonds is 6. The first-order valence-electron chi connectivity index (χ1n) is 7.37. The maximum absolute atomic E-state index is 12.8. The van der Waals surface area contributed by atoms with E-state index in [-0.39, 0.29) is 9.92 Å². The molecule has 0 aliphatic rings. The largest absolute Gasteiger partial charge is 0.378 e. The maximum atomic E-state index is 12.8. The van der Waals surface area contributed by atoms with Crippen LogP contribution in [0.4, 0.5) is 5.69 Å². The first-order valence-corrected chi connectivity index (χ1v) is 9.19. The van der Waals surface area contributed by atoms with Gasteiger partial charge in [0.1, 0.15) is 4.90 Å². The minimum atomic E-state index is -3.62. The van der Waals surface area contributed by atoms with Crippen LogP contribution in [0.2, 0.25) is 5.02 Å². The first kappa shape index (κ1) is 17.8. The summed E-state index contributed by atoms with van der Waals surface area (Å²) >= 11 is 6.06. The van der Waals surface area contributed by atoms with Crippen molar-refractivity contribution in [2.45, 2.75) is 18.4 Å². The quantitative estimate of drug-likeness (QED) is 0.797. The highest BCUT2D eigenvalue weighted by Gasteiger charge is 2.25. The number of halogens is 1. The predicted molar refractivity (Wildman–Crippen MR) is 95.5 cm³/mol. The summed E-state index contributed by atoms with van der Waals surface area (Å²) in [4.78, 5) is 2.15. The Morgan fingerprint density at radius 3 is 2.13 bits per heavy atom. The van der Waals surface area contributed by atoms with Gasteiger partial charge in [-0.2, -0.15) is 4.31 Å². The molecular formula is C17H21ClN2O2S. The van der Waals surface area contributed by atoms with Crippen molar-refractivity contribution >= 4 is 27.3 Å². The summed E-state index contributed by atoms with van der Waals surface area (Å²) in [5, 5.41) is 0.244. The van der Waals surface area contributed by atoms with E-state index in [0.29, 0.717) is 13.1 Å². The van der Waals surface area contributed by atoms with Crippen molar-refractivity contribution in [1.29, 1.82) is 0 Å². The molecule has 0 amide bonds. The van der Waals surface area contributed by atoms with Crippen molar-refractivity contribution in [3.05, 3.63) is 59.1 Å². The summed E-state index contributed by atoms with van der Waals surface area (Å²) in [6, 6.07) is 14.4. The Labute approximate surface area is 143 Å². The van der Waals surface area contributed by atoms with Crippen LogP contribution >= 0.6 is 11.6 Å². The van der Waals surface area contributed by atoms with Gasteiger partial charge in [-0.05, 0) is 29.8 Å². The van der Waals surface area contributed by atoms with Crippen molar-refractivity contribution in [1.82, 2.24) is 4.31 Å². The molecule has 0 aliphatic carbocycles. The molecule has 124 valence electrons. The molecule has 23 heavy (non-hydrogen) atoms. The third kappa shape index (κ3) is 4.05. The maximum Gasteiger partial charge on any atom is 0.244 e. The monoisotopic (exact) mass is 352 g/mol. The van der Waals surface area contributed by atoms with E-state index >= 15 is 0 Å². The fraction of sp³-hybridized carbons (Fsp3) is 0.294. The van der Waals surface area contributed by atoms with E-state index in [1.54, 1.807) is 18.2 Å². The second-order valence-corrected chi connectivity index (χ2v) is 7.74. The Hall–Kier alpha value is -1.56. The molecule has 4 nitrogen and oxygen atoms in total. The van der Waals surface area contributed by atoms with E-state index in [2.05, 4.69) is 0 Å². The van der Waals surface area contributed by atoms with Gasteiger partial charge in [0, 0.05) is 32.9 Å². The lowest BCUT2D eigenvalue weighted by molar-refractivity contribution is 0.423. The summed E-state index contributed by atoms with van der Waals surface area (Å²) in [6.07, 6.45) is 0. The number of nitrogens with zero attached hydrogens (tertiary/aromatic N) is 2. The van der Waals surface area contributed by atoms with Crippen LogP contribution in [0.5, 0.6) is 0 Å². The fourth-order valence-corrected chi connectivity index (χ4v) is 4.19. The van der Waals surface area contributed by atoms with Crippen molar-refractivity contribution < 1.29 is 8.42 Å². The minimum absolute atomic E-state index is 0.147. The molecular weight excluding hydrogens is 332 g/mol. The summed E-state index contributed by atoms with van der Waals surface area (Å²) in [5.41, 5.74) is 2.01. The van der Waals surface area contributed by atoms with Gasteiger partial charge in [0.2, 0.25) is 10.0 Å². The van der Waals surface area contributed by atoms with E-state index in [1.807, 2.05) is 50.2 Å². The molecule has 0 radical (unpaired) electrons. The smallest absolute Gasteiger partial charge is 0.244 e. The van der Waals surface area contributed by atoms with Gasteiger partial charge in [-0.25, -0.2) is 8.42 Å². The van der Waals surface area contributed by atoms with E-state index < -0.39 is 10.0 Å². The second kappa shape index (κ2) is 7.34. The van der Waals surface area contributed by atoms with Crippen LogP contribution in [0, 0.1) is 0 Å². The van der Waals surface area contributed by atoms with Gasteiger partial charge >= 0.3 is 0 Å². The Morgan fingerprint density at radius 1 is 1.00 bits per heavy atom. The average Bonchev–Trinajstić information content (AvgIpc) is 2.53. The molecule has 0 saturated carbocycles. The Balaban J connectivity index is 2.27. The predicted octanol–water partition coefficient (Wildman–Crippen LogP) is 3.62. The van der Waals surface area contributed by atoms with Crippen LogP contribution in [0.3, 0.4) is 0 Å². The lowest BCUT2D eigenvalue weighted by atomic mass is 10.2. The topological polar surface area (TPSA) is 40.6 Å². The summed E-state index contributed by atoms with van der Waals surface area (Å²) in [5.74, 6) is 0. The molecule has 0 unspecified atom stereocenters. The third-order valence-corrected chi connectivity index (χ3v) is 6.04. The highest BCUT2D eigenvalue weighted by Crippen LogP contribution is 2.25. The molecule has 0 heterocycles. The summed E-state index contributed by atoms with van der Waals surface area (Å²) < 4.78 is 27.0. The van der Waals surface area contributed by atoms with Gasteiger partial charge in [0.15, 0.2) is 0 Å². The van der Waals surface area contributed by atoms with Crippen LogP contribution in [0.25, 0.3) is 0 Å². The van der Waals surface area contributed by atoms with Crippen LogP contribution < -0.4 is 4.90 Å². The zero-order chi connectivity index (χ0) is 17.0. The van der Waals surface area contributed by atoms with E-state index in [1.165, 1.54) is 10.4 Å². The fourth-order valence-electron chi connectivity index (χ4n) is 2.26. The Bertz CT molecular complexity index is 758. The molecule has 0 saturated heterocycles. The van der Waals surface area contributed by atoms with Crippen LogP contribution in [0.15, 0.2) is 53.4 Å². The van der Waals surface area contributed by atoms with E-state index in [4.69, 9.17) is 11.6 Å². The Morgan fingerprint density at radius 2 is 1.61 bits per heavy atom. The highest BCUT2D eigenvalue weighted by molar-refractivity contribution is 7.89. The van der Waals surface area contributed by atoms with E-state index in [9.17, 15) is 8.42 Å². The average molecular weight is 353 g/mol. The van der Waals surface area contributed by atoms with Gasteiger partial charge < -0.3 is 4.90 Å². The number of hydrogen-bond acceptors (Lipinski definition) is 3. The zero-order valence-corrected chi connectivity index (χ0v) is 15.1. The molecule has 0 aliphatic heterocycles. The highest BCUT2D eigenvalue weighted by atomic mass is 35.5. The molecule has 0 atom stereocenters. The van der Waals surface area contributed by atoms with Gasteiger partial charge in [-0.15, -0.1) is 0 Å². The first-order chi connectivity index (χ1) is 10.9. The minimum Gasteiger partial charge on any atom is -0.378 e. The summed E-state index contributed by atoms with van der Waals surface area (Å²) in [7, 11) is 0.319. The lowest BCUT2D eigenvalue weighted by Gasteiger charge is -2.21. The van der Waals surface area contributed by atoms with Crippen molar-refractivity contribution in [2.75, 3.05) is 25.5 Å².